The Bertz CT molecular complexity index is 534. The van der Waals surface area contributed by atoms with Crippen molar-refractivity contribution in [2.75, 3.05) is 14.2 Å². The van der Waals surface area contributed by atoms with Crippen molar-refractivity contribution >= 4 is 10.8 Å². The van der Waals surface area contributed by atoms with Crippen molar-refractivity contribution < 1.29 is 4.74 Å². The lowest BCUT2D eigenvalue weighted by Gasteiger charge is -2.29. The van der Waals surface area contributed by atoms with Crippen molar-refractivity contribution in [3.63, 3.8) is 0 Å². The molecule has 0 radical (unpaired) electrons. The van der Waals surface area contributed by atoms with Gasteiger partial charge in [0.15, 0.2) is 0 Å². The van der Waals surface area contributed by atoms with E-state index in [1.807, 2.05) is 25.5 Å². The Morgan fingerprint density at radius 3 is 2.53 bits per heavy atom. The van der Waals surface area contributed by atoms with Crippen LogP contribution in [0.3, 0.4) is 0 Å². The van der Waals surface area contributed by atoms with E-state index in [1.165, 1.54) is 16.3 Å². The molecule has 0 bridgehead atoms. The summed E-state index contributed by atoms with van der Waals surface area (Å²) in [4.78, 5) is 4.36. The fraction of sp³-hybridized carbons (Fsp3) is 0.438. The molecule has 0 saturated carbocycles. The lowest BCUT2D eigenvalue weighted by Crippen LogP contribution is -2.35. The minimum absolute atomic E-state index is 0.123. The number of ether oxygens (including phenoxy) is 1. The number of likely N-dealkylation sites (N-methyl/N-ethyl adjacent to an activating group) is 1. The molecule has 0 fully saturated rings. The maximum absolute atomic E-state index is 5.68. The van der Waals surface area contributed by atoms with Crippen LogP contribution >= 0.6 is 0 Å². The number of hydrogen-bond acceptors (Lipinski definition) is 3. The highest BCUT2D eigenvalue weighted by Gasteiger charge is 2.26. The van der Waals surface area contributed by atoms with Gasteiger partial charge in [-0.05, 0) is 23.9 Å². The molecule has 1 aromatic heterocycles. The van der Waals surface area contributed by atoms with E-state index in [0.717, 1.165) is 0 Å². The molecule has 0 amide bonds. The zero-order valence-corrected chi connectivity index (χ0v) is 12.1. The summed E-state index contributed by atoms with van der Waals surface area (Å²) >= 11 is 0. The highest BCUT2D eigenvalue weighted by atomic mass is 16.5. The normalized spacial score (nSPS) is 14.8. The second-order valence-electron chi connectivity index (χ2n) is 5.16. The molecule has 1 N–H and O–H groups in total. The molecule has 102 valence electrons. The van der Waals surface area contributed by atoms with E-state index in [-0.39, 0.29) is 12.1 Å². The lowest BCUT2D eigenvalue weighted by atomic mass is 9.91. The van der Waals surface area contributed by atoms with Gasteiger partial charge in [-0.3, -0.25) is 4.98 Å². The van der Waals surface area contributed by atoms with Gasteiger partial charge in [0.25, 0.3) is 0 Å². The third-order valence-electron chi connectivity index (χ3n) is 3.60. The van der Waals surface area contributed by atoms with Crippen molar-refractivity contribution in [3.05, 3.63) is 42.2 Å². The third-order valence-corrected chi connectivity index (χ3v) is 3.60. The van der Waals surface area contributed by atoms with Gasteiger partial charge in [-0.25, -0.2) is 0 Å². The summed E-state index contributed by atoms with van der Waals surface area (Å²) in [5.41, 5.74) is 1.20. The Labute approximate surface area is 115 Å². The van der Waals surface area contributed by atoms with Gasteiger partial charge in [0.05, 0.1) is 12.1 Å². The van der Waals surface area contributed by atoms with E-state index < -0.39 is 0 Å². The average molecular weight is 258 g/mol. The van der Waals surface area contributed by atoms with Crippen LogP contribution in [0.25, 0.3) is 10.8 Å². The minimum atomic E-state index is 0.123. The zero-order valence-electron chi connectivity index (χ0n) is 12.1. The van der Waals surface area contributed by atoms with Crippen LogP contribution in [0.5, 0.6) is 0 Å². The van der Waals surface area contributed by atoms with Gasteiger partial charge in [0, 0.05) is 24.9 Å². The summed E-state index contributed by atoms with van der Waals surface area (Å²) in [6.45, 7) is 4.36. The number of pyridine rings is 1. The molecule has 0 aliphatic carbocycles. The summed E-state index contributed by atoms with van der Waals surface area (Å²) in [6.07, 6.45) is 3.97. The standard InChI is InChI=1S/C16H22N2O/c1-11(2)16(19-4)15(17-3)14-10-18-9-12-7-5-6-8-13(12)14/h5-11,15-17H,1-4H3. The van der Waals surface area contributed by atoms with Crippen molar-refractivity contribution in [2.24, 2.45) is 5.92 Å². The first-order valence-corrected chi connectivity index (χ1v) is 6.71. The summed E-state index contributed by atoms with van der Waals surface area (Å²) in [5, 5.41) is 5.78. The highest BCUT2D eigenvalue weighted by molar-refractivity contribution is 5.85. The topological polar surface area (TPSA) is 34.2 Å². The zero-order chi connectivity index (χ0) is 13.8. The summed E-state index contributed by atoms with van der Waals surface area (Å²) in [6, 6.07) is 8.48. The Balaban J connectivity index is 2.51. The maximum Gasteiger partial charge on any atom is 0.0789 e. The van der Waals surface area contributed by atoms with Crippen LogP contribution < -0.4 is 5.32 Å². The molecule has 1 heterocycles. The Morgan fingerprint density at radius 2 is 1.89 bits per heavy atom. The molecule has 2 unspecified atom stereocenters. The van der Waals surface area contributed by atoms with Crippen LogP contribution in [0, 0.1) is 5.92 Å². The molecule has 2 aromatic rings. The average Bonchev–Trinajstić information content (AvgIpc) is 2.43. The Morgan fingerprint density at radius 1 is 1.16 bits per heavy atom. The molecule has 19 heavy (non-hydrogen) atoms. The fourth-order valence-corrected chi connectivity index (χ4v) is 2.68. The fourth-order valence-electron chi connectivity index (χ4n) is 2.68. The molecular formula is C16H22N2O. The monoisotopic (exact) mass is 258 g/mol. The van der Waals surface area contributed by atoms with E-state index in [4.69, 9.17) is 4.74 Å². The first-order valence-electron chi connectivity index (χ1n) is 6.71. The van der Waals surface area contributed by atoms with Gasteiger partial charge < -0.3 is 10.1 Å². The van der Waals surface area contributed by atoms with Crippen LogP contribution in [-0.4, -0.2) is 25.2 Å². The van der Waals surface area contributed by atoms with Crippen LogP contribution in [-0.2, 0) is 4.74 Å². The van der Waals surface area contributed by atoms with Crippen LogP contribution in [0.15, 0.2) is 36.7 Å². The number of benzene rings is 1. The first-order chi connectivity index (χ1) is 9.19. The van der Waals surface area contributed by atoms with Gasteiger partial charge >= 0.3 is 0 Å². The SMILES string of the molecule is CNC(c1cncc2ccccc12)C(OC)C(C)C. The van der Waals surface area contributed by atoms with Crippen LogP contribution in [0.1, 0.15) is 25.5 Å². The molecule has 3 nitrogen and oxygen atoms in total. The summed E-state index contributed by atoms with van der Waals surface area (Å²) in [7, 11) is 3.74. The van der Waals surface area contributed by atoms with Crippen molar-refractivity contribution in [2.45, 2.75) is 26.0 Å². The van der Waals surface area contributed by atoms with Crippen molar-refractivity contribution in [1.29, 1.82) is 0 Å². The highest BCUT2D eigenvalue weighted by Crippen LogP contribution is 2.29. The van der Waals surface area contributed by atoms with E-state index >= 15 is 0 Å². The molecule has 2 rings (SSSR count). The lowest BCUT2D eigenvalue weighted by molar-refractivity contribution is 0.0351. The predicted molar refractivity (Wildman–Crippen MR) is 79.2 cm³/mol. The Hall–Kier alpha value is -1.45. The number of hydrogen-bond donors (Lipinski definition) is 1. The van der Waals surface area contributed by atoms with Gasteiger partial charge in [-0.2, -0.15) is 0 Å². The number of nitrogens with one attached hydrogen (secondary N) is 1. The molecule has 0 saturated heterocycles. The molecule has 1 aromatic carbocycles. The second-order valence-corrected chi connectivity index (χ2v) is 5.16. The van der Waals surface area contributed by atoms with Gasteiger partial charge in [0.1, 0.15) is 0 Å². The van der Waals surface area contributed by atoms with E-state index in [2.05, 4.69) is 42.3 Å². The number of rotatable bonds is 5. The molecule has 2 atom stereocenters. The molecule has 3 heteroatoms. The number of nitrogens with zero attached hydrogens (tertiary/aromatic N) is 1. The largest absolute Gasteiger partial charge is 0.379 e. The van der Waals surface area contributed by atoms with Crippen molar-refractivity contribution in [3.8, 4) is 0 Å². The summed E-state index contributed by atoms with van der Waals surface area (Å²) < 4.78 is 5.68. The predicted octanol–water partition coefficient (Wildman–Crippen LogP) is 3.17. The second kappa shape index (κ2) is 6.13. The smallest absolute Gasteiger partial charge is 0.0789 e. The quantitative estimate of drug-likeness (QED) is 0.894. The number of aromatic nitrogens is 1. The maximum atomic E-state index is 5.68. The van der Waals surface area contributed by atoms with Gasteiger partial charge in [-0.15, -0.1) is 0 Å². The molecular weight excluding hydrogens is 236 g/mol. The van der Waals surface area contributed by atoms with E-state index in [9.17, 15) is 0 Å². The third kappa shape index (κ3) is 2.77. The van der Waals surface area contributed by atoms with Gasteiger partial charge in [0.2, 0.25) is 0 Å². The molecule has 0 spiro atoms. The van der Waals surface area contributed by atoms with Gasteiger partial charge in [-0.1, -0.05) is 38.1 Å². The van der Waals surface area contributed by atoms with Crippen LogP contribution in [0.4, 0.5) is 0 Å². The number of fused-ring (bicyclic) bond motifs is 1. The molecule has 0 aliphatic rings. The Kier molecular flexibility index (Phi) is 4.51. The minimum Gasteiger partial charge on any atom is -0.379 e. The van der Waals surface area contributed by atoms with Crippen LogP contribution in [0.2, 0.25) is 0 Å². The first kappa shape index (κ1) is 14.0. The van der Waals surface area contributed by atoms with E-state index in [0.29, 0.717) is 5.92 Å². The molecule has 0 aliphatic heterocycles. The van der Waals surface area contributed by atoms with Crippen molar-refractivity contribution in [1.82, 2.24) is 10.3 Å². The number of methoxy groups -OCH3 is 1. The van der Waals surface area contributed by atoms with E-state index in [1.54, 1.807) is 7.11 Å². The summed E-state index contributed by atoms with van der Waals surface area (Å²) in [5.74, 6) is 0.432.